The van der Waals surface area contributed by atoms with E-state index in [0.717, 1.165) is 42.3 Å². The fourth-order valence-electron chi connectivity index (χ4n) is 1.97. The third-order valence-corrected chi connectivity index (χ3v) is 3.11. The maximum absolute atomic E-state index is 5.70. The maximum Gasteiger partial charge on any atom is 0.118 e. The molecule has 0 radical (unpaired) electrons. The lowest BCUT2D eigenvalue weighted by molar-refractivity contribution is 0.122. The lowest BCUT2D eigenvalue weighted by Gasteiger charge is -2.02. The molecule has 0 spiro atoms. The molecule has 0 unspecified atom stereocenters. The summed E-state index contributed by atoms with van der Waals surface area (Å²) in [6, 6.07) is 8.00. The number of rotatable bonds is 8. The summed E-state index contributed by atoms with van der Waals surface area (Å²) in [5.74, 6) is 1.91. The summed E-state index contributed by atoms with van der Waals surface area (Å²) in [5.41, 5.74) is 2.18. The molecule has 2 aromatic heterocycles. The Morgan fingerprint density at radius 3 is 3.00 bits per heavy atom. The van der Waals surface area contributed by atoms with E-state index in [0.29, 0.717) is 13.2 Å². The summed E-state index contributed by atoms with van der Waals surface area (Å²) in [4.78, 5) is 4.27. The SMILES string of the molecule is CCNCc1cc(COCCc2ccccn2)c(C)o1. The number of aromatic nitrogens is 1. The number of hydrogen-bond donors (Lipinski definition) is 1. The third-order valence-electron chi connectivity index (χ3n) is 3.11. The minimum atomic E-state index is 0.592. The minimum absolute atomic E-state index is 0.592. The van der Waals surface area contributed by atoms with Crippen molar-refractivity contribution in [2.24, 2.45) is 0 Å². The molecule has 4 heteroatoms. The van der Waals surface area contributed by atoms with E-state index < -0.39 is 0 Å². The Morgan fingerprint density at radius 1 is 1.35 bits per heavy atom. The summed E-state index contributed by atoms with van der Waals surface area (Å²) >= 11 is 0. The van der Waals surface area contributed by atoms with Crippen LogP contribution in [0, 0.1) is 6.92 Å². The summed E-state index contributed by atoms with van der Waals surface area (Å²) in [6.45, 7) is 7.03. The van der Waals surface area contributed by atoms with Crippen LogP contribution in [-0.2, 0) is 24.3 Å². The predicted octanol–water partition coefficient (Wildman–Crippen LogP) is 2.85. The highest BCUT2D eigenvalue weighted by atomic mass is 16.5. The molecule has 108 valence electrons. The van der Waals surface area contributed by atoms with Gasteiger partial charge in [0.15, 0.2) is 0 Å². The number of hydrogen-bond acceptors (Lipinski definition) is 4. The summed E-state index contributed by atoms with van der Waals surface area (Å²) < 4.78 is 11.4. The standard InChI is InChI=1S/C16H22N2O2/c1-3-17-11-16-10-14(13(2)20-16)12-19-9-7-15-6-4-5-8-18-15/h4-6,8,10,17H,3,7,9,11-12H2,1-2H3. The lowest BCUT2D eigenvalue weighted by Crippen LogP contribution is -2.10. The molecular weight excluding hydrogens is 252 g/mol. The van der Waals surface area contributed by atoms with Gasteiger partial charge in [-0.2, -0.15) is 0 Å². The highest BCUT2D eigenvalue weighted by molar-refractivity contribution is 5.19. The van der Waals surface area contributed by atoms with Crippen LogP contribution in [0.3, 0.4) is 0 Å². The van der Waals surface area contributed by atoms with Gasteiger partial charge in [0.2, 0.25) is 0 Å². The molecule has 0 aliphatic carbocycles. The smallest absolute Gasteiger partial charge is 0.118 e. The number of aryl methyl sites for hydroxylation is 1. The first kappa shape index (κ1) is 14.8. The molecule has 0 bridgehead atoms. The fourth-order valence-corrected chi connectivity index (χ4v) is 1.97. The summed E-state index contributed by atoms with van der Waals surface area (Å²) in [7, 11) is 0. The van der Waals surface area contributed by atoms with Crippen LogP contribution in [0.15, 0.2) is 34.9 Å². The van der Waals surface area contributed by atoms with Crippen LogP contribution < -0.4 is 5.32 Å². The number of ether oxygens (including phenoxy) is 1. The largest absolute Gasteiger partial charge is 0.465 e. The van der Waals surface area contributed by atoms with Crippen LogP contribution in [0.5, 0.6) is 0 Å². The van der Waals surface area contributed by atoms with Gasteiger partial charge in [-0.25, -0.2) is 0 Å². The van der Waals surface area contributed by atoms with Crippen molar-refractivity contribution in [1.82, 2.24) is 10.3 Å². The van der Waals surface area contributed by atoms with Gasteiger partial charge in [0, 0.05) is 23.9 Å². The average molecular weight is 274 g/mol. The van der Waals surface area contributed by atoms with Gasteiger partial charge in [-0.15, -0.1) is 0 Å². The lowest BCUT2D eigenvalue weighted by atomic mass is 10.2. The zero-order valence-corrected chi connectivity index (χ0v) is 12.2. The van der Waals surface area contributed by atoms with Crippen LogP contribution in [0.2, 0.25) is 0 Å². The van der Waals surface area contributed by atoms with Crippen molar-refractivity contribution in [2.75, 3.05) is 13.2 Å². The van der Waals surface area contributed by atoms with Gasteiger partial charge in [-0.1, -0.05) is 13.0 Å². The van der Waals surface area contributed by atoms with Crippen molar-refractivity contribution in [3.63, 3.8) is 0 Å². The van der Waals surface area contributed by atoms with E-state index in [1.807, 2.05) is 31.3 Å². The van der Waals surface area contributed by atoms with Crippen molar-refractivity contribution >= 4 is 0 Å². The first-order valence-corrected chi connectivity index (χ1v) is 7.06. The van der Waals surface area contributed by atoms with Gasteiger partial charge in [-0.05, 0) is 31.7 Å². The molecule has 0 aliphatic heterocycles. The Kier molecular flexibility index (Phi) is 5.77. The number of nitrogens with zero attached hydrogens (tertiary/aromatic N) is 1. The molecule has 0 aliphatic rings. The van der Waals surface area contributed by atoms with Crippen molar-refractivity contribution < 1.29 is 9.15 Å². The van der Waals surface area contributed by atoms with Gasteiger partial charge >= 0.3 is 0 Å². The highest BCUT2D eigenvalue weighted by Gasteiger charge is 2.07. The van der Waals surface area contributed by atoms with E-state index >= 15 is 0 Å². The fraction of sp³-hybridized carbons (Fsp3) is 0.438. The number of furan rings is 1. The Hall–Kier alpha value is -1.65. The Bertz CT molecular complexity index is 508. The van der Waals surface area contributed by atoms with Crippen LogP contribution in [-0.4, -0.2) is 18.1 Å². The van der Waals surface area contributed by atoms with Gasteiger partial charge < -0.3 is 14.5 Å². The molecule has 0 fully saturated rings. The summed E-state index contributed by atoms with van der Waals surface area (Å²) in [6.07, 6.45) is 2.64. The van der Waals surface area contributed by atoms with E-state index in [1.54, 1.807) is 0 Å². The van der Waals surface area contributed by atoms with Gasteiger partial charge in [0.25, 0.3) is 0 Å². The molecule has 2 aromatic rings. The number of pyridine rings is 1. The second-order valence-corrected chi connectivity index (χ2v) is 4.70. The molecular formula is C16H22N2O2. The zero-order valence-electron chi connectivity index (χ0n) is 12.2. The first-order valence-electron chi connectivity index (χ1n) is 7.06. The monoisotopic (exact) mass is 274 g/mol. The Morgan fingerprint density at radius 2 is 2.25 bits per heavy atom. The van der Waals surface area contributed by atoms with Crippen molar-refractivity contribution in [3.8, 4) is 0 Å². The van der Waals surface area contributed by atoms with Gasteiger partial charge in [0.05, 0.1) is 19.8 Å². The van der Waals surface area contributed by atoms with Crippen molar-refractivity contribution in [3.05, 3.63) is 53.2 Å². The van der Waals surface area contributed by atoms with E-state index in [4.69, 9.17) is 9.15 Å². The second-order valence-electron chi connectivity index (χ2n) is 4.70. The zero-order chi connectivity index (χ0) is 14.2. The van der Waals surface area contributed by atoms with Crippen LogP contribution >= 0.6 is 0 Å². The molecule has 0 saturated carbocycles. The van der Waals surface area contributed by atoms with Crippen molar-refractivity contribution in [1.29, 1.82) is 0 Å². The molecule has 0 atom stereocenters. The quantitative estimate of drug-likeness (QED) is 0.752. The Labute approximate surface area is 120 Å². The van der Waals surface area contributed by atoms with Crippen LogP contribution in [0.1, 0.15) is 29.7 Å². The molecule has 1 N–H and O–H groups in total. The molecule has 2 heterocycles. The Balaban J connectivity index is 1.75. The molecule has 4 nitrogen and oxygen atoms in total. The molecule has 20 heavy (non-hydrogen) atoms. The van der Waals surface area contributed by atoms with Crippen LogP contribution in [0.25, 0.3) is 0 Å². The van der Waals surface area contributed by atoms with Crippen molar-refractivity contribution in [2.45, 2.75) is 33.4 Å². The topological polar surface area (TPSA) is 47.3 Å². The number of nitrogens with one attached hydrogen (secondary N) is 1. The van der Waals surface area contributed by atoms with Gasteiger partial charge in [-0.3, -0.25) is 4.98 Å². The van der Waals surface area contributed by atoms with E-state index in [9.17, 15) is 0 Å². The van der Waals surface area contributed by atoms with Crippen LogP contribution in [0.4, 0.5) is 0 Å². The molecule has 2 rings (SSSR count). The van der Waals surface area contributed by atoms with E-state index in [1.165, 1.54) is 0 Å². The highest BCUT2D eigenvalue weighted by Crippen LogP contribution is 2.15. The predicted molar refractivity (Wildman–Crippen MR) is 78.4 cm³/mol. The van der Waals surface area contributed by atoms with E-state index in [-0.39, 0.29) is 0 Å². The molecule has 0 aromatic carbocycles. The van der Waals surface area contributed by atoms with Gasteiger partial charge in [0.1, 0.15) is 11.5 Å². The minimum Gasteiger partial charge on any atom is -0.465 e. The first-order chi connectivity index (χ1) is 9.79. The van der Waals surface area contributed by atoms with E-state index in [2.05, 4.69) is 23.3 Å². The normalized spacial score (nSPS) is 10.9. The molecule has 0 saturated heterocycles. The molecule has 0 amide bonds. The third kappa shape index (κ3) is 4.47. The second kappa shape index (κ2) is 7.82. The maximum atomic E-state index is 5.70. The average Bonchev–Trinajstić information content (AvgIpc) is 2.83. The summed E-state index contributed by atoms with van der Waals surface area (Å²) in [5, 5.41) is 3.25.